The van der Waals surface area contributed by atoms with Gasteiger partial charge in [-0.15, -0.1) is 0 Å². The number of ether oxygens (including phenoxy) is 1. The minimum atomic E-state index is -3.58. The van der Waals surface area contributed by atoms with Crippen molar-refractivity contribution in [3.63, 3.8) is 0 Å². The first kappa shape index (κ1) is 22.2. The number of carbonyl (C=O) groups excluding carboxylic acids is 2. The highest BCUT2D eigenvalue weighted by atomic mass is 32.2. The molecular formula is C19H29N3O5S. The summed E-state index contributed by atoms with van der Waals surface area (Å²) in [6.45, 7) is 8.60. The van der Waals surface area contributed by atoms with E-state index in [1.165, 1.54) is 4.31 Å². The van der Waals surface area contributed by atoms with Gasteiger partial charge in [-0.05, 0) is 51.0 Å². The standard InChI is InChI=1S/C19H29N3O5S/c1-14(2)27-18(23)7-8-20-19(24)21-9-11-22(12-10-21)28(25,26)17-6-5-15(3)16(4)13-17/h5-6,13-14H,7-12H2,1-4H3,(H,20,24). The van der Waals surface area contributed by atoms with Crippen molar-refractivity contribution < 1.29 is 22.7 Å². The molecule has 0 spiro atoms. The summed E-state index contributed by atoms with van der Waals surface area (Å²) in [7, 11) is -3.58. The number of nitrogens with one attached hydrogen (secondary N) is 1. The normalized spacial score (nSPS) is 15.5. The van der Waals surface area contributed by atoms with Crippen molar-refractivity contribution in [2.24, 2.45) is 0 Å². The zero-order valence-electron chi connectivity index (χ0n) is 16.9. The monoisotopic (exact) mass is 411 g/mol. The van der Waals surface area contributed by atoms with E-state index in [9.17, 15) is 18.0 Å². The van der Waals surface area contributed by atoms with Crippen LogP contribution in [0.3, 0.4) is 0 Å². The summed E-state index contributed by atoms with van der Waals surface area (Å²) in [4.78, 5) is 25.5. The summed E-state index contributed by atoms with van der Waals surface area (Å²) in [6.07, 6.45) is -0.0825. The van der Waals surface area contributed by atoms with Gasteiger partial charge in [0.05, 0.1) is 17.4 Å². The van der Waals surface area contributed by atoms with E-state index < -0.39 is 10.0 Å². The highest BCUT2D eigenvalue weighted by molar-refractivity contribution is 7.89. The maximum Gasteiger partial charge on any atom is 0.317 e. The number of benzene rings is 1. The average Bonchev–Trinajstić information content (AvgIpc) is 2.63. The molecule has 0 saturated carbocycles. The highest BCUT2D eigenvalue weighted by Gasteiger charge is 2.30. The molecule has 1 aliphatic heterocycles. The maximum atomic E-state index is 12.8. The van der Waals surface area contributed by atoms with Crippen LogP contribution in [0, 0.1) is 13.8 Å². The minimum absolute atomic E-state index is 0.102. The Hall–Kier alpha value is -2.13. The summed E-state index contributed by atoms with van der Waals surface area (Å²) >= 11 is 0. The molecule has 28 heavy (non-hydrogen) atoms. The third-order valence-electron chi connectivity index (χ3n) is 4.61. The summed E-state index contributed by atoms with van der Waals surface area (Å²) < 4.78 is 32.0. The molecule has 1 aromatic carbocycles. The van der Waals surface area contributed by atoms with E-state index in [0.717, 1.165) is 11.1 Å². The van der Waals surface area contributed by atoms with Gasteiger partial charge in [0.2, 0.25) is 10.0 Å². The van der Waals surface area contributed by atoms with Gasteiger partial charge in [-0.25, -0.2) is 13.2 Å². The molecule has 0 aromatic heterocycles. The van der Waals surface area contributed by atoms with Crippen molar-refractivity contribution in [3.8, 4) is 0 Å². The molecule has 156 valence electrons. The number of sulfonamides is 1. The molecular weight excluding hydrogens is 382 g/mol. The van der Waals surface area contributed by atoms with E-state index in [4.69, 9.17) is 4.74 Å². The lowest BCUT2D eigenvalue weighted by atomic mass is 10.1. The fraction of sp³-hybridized carbons (Fsp3) is 0.579. The Kier molecular flexibility index (Phi) is 7.42. The quantitative estimate of drug-likeness (QED) is 0.718. The van der Waals surface area contributed by atoms with Gasteiger partial charge in [-0.3, -0.25) is 4.79 Å². The fourth-order valence-electron chi connectivity index (χ4n) is 2.86. The number of amides is 2. The van der Waals surface area contributed by atoms with E-state index in [1.54, 1.807) is 36.9 Å². The molecule has 9 heteroatoms. The number of esters is 1. The van der Waals surface area contributed by atoms with E-state index in [1.807, 2.05) is 13.8 Å². The van der Waals surface area contributed by atoms with E-state index in [2.05, 4.69) is 5.32 Å². The fourth-order valence-corrected chi connectivity index (χ4v) is 4.37. The molecule has 1 aromatic rings. The van der Waals surface area contributed by atoms with Crippen LogP contribution in [0.15, 0.2) is 23.1 Å². The molecule has 0 radical (unpaired) electrons. The van der Waals surface area contributed by atoms with Gasteiger partial charge in [0.1, 0.15) is 0 Å². The van der Waals surface area contributed by atoms with Gasteiger partial charge >= 0.3 is 12.0 Å². The topological polar surface area (TPSA) is 96.0 Å². The van der Waals surface area contributed by atoms with Gasteiger partial charge in [0.15, 0.2) is 0 Å². The van der Waals surface area contributed by atoms with Crippen molar-refractivity contribution in [1.82, 2.24) is 14.5 Å². The second-order valence-corrected chi connectivity index (χ2v) is 9.10. The Labute approximate surface area is 166 Å². The lowest BCUT2D eigenvalue weighted by molar-refractivity contribution is -0.147. The highest BCUT2D eigenvalue weighted by Crippen LogP contribution is 2.20. The Bertz CT molecular complexity index is 815. The van der Waals surface area contributed by atoms with Crippen LogP contribution in [0.25, 0.3) is 0 Å². The van der Waals surface area contributed by atoms with Crippen LogP contribution in [-0.4, -0.2) is 68.5 Å². The zero-order valence-corrected chi connectivity index (χ0v) is 17.7. The lowest BCUT2D eigenvalue weighted by Gasteiger charge is -2.34. The number of hydrogen-bond acceptors (Lipinski definition) is 5. The second kappa shape index (κ2) is 9.38. The van der Waals surface area contributed by atoms with Crippen LogP contribution in [-0.2, 0) is 19.6 Å². The molecule has 0 atom stereocenters. The van der Waals surface area contributed by atoms with Gasteiger partial charge in [-0.2, -0.15) is 4.31 Å². The number of hydrogen-bond donors (Lipinski definition) is 1. The predicted octanol–water partition coefficient (Wildman–Crippen LogP) is 1.66. The van der Waals surface area contributed by atoms with Gasteiger partial charge in [-0.1, -0.05) is 6.07 Å². The van der Waals surface area contributed by atoms with Crippen LogP contribution in [0.4, 0.5) is 4.79 Å². The molecule has 0 bridgehead atoms. The van der Waals surface area contributed by atoms with Crippen molar-refractivity contribution in [1.29, 1.82) is 0 Å². The number of piperazine rings is 1. The molecule has 1 heterocycles. The third-order valence-corrected chi connectivity index (χ3v) is 6.51. The molecule has 1 aliphatic rings. The summed E-state index contributed by atoms with van der Waals surface area (Å²) in [5, 5.41) is 2.67. The van der Waals surface area contributed by atoms with Crippen LogP contribution in [0.2, 0.25) is 0 Å². The Morgan fingerprint density at radius 1 is 1.11 bits per heavy atom. The Morgan fingerprint density at radius 3 is 2.32 bits per heavy atom. The van der Waals surface area contributed by atoms with E-state index in [-0.39, 0.29) is 49.1 Å². The van der Waals surface area contributed by atoms with Crippen molar-refractivity contribution in [3.05, 3.63) is 29.3 Å². The largest absolute Gasteiger partial charge is 0.463 e. The second-order valence-electron chi connectivity index (χ2n) is 7.16. The van der Waals surface area contributed by atoms with Crippen LogP contribution in [0.5, 0.6) is 0 Å². The van der Waals surface area contributed by atoms with Crippen molar-refractivity contribution in [2.45, 2.75) is 45.1 Å². The summed E-state index contributed by atoms with van der Waals surface area (Å²) in [5.41, 5.74) is 1.97. The molecule has 2 rings (SSSR count). The molecule has 1 N–H and O–H groups in total. The predicted molar refractivity (Wildman–Crippen MR) is 105 cm³/mol. The van der Waals surface area contributed by atoms with E-state index >= 15 is 0 Å². The van der Waals surface area contributed by atoms with Crippen LogP contribution >= 0.6 is 0 Å². The SMILES string of the molecule is Cc1ccc(S(=O)(=O)N2CCN(C(=O)NCCC(=O)OC(C)C)CC2)cc1C. The number of aryl methyl sites for hydroxylation is 2. The lowest BCUT2D eigenvalue weighted by Crippen LogP contribution is -2.53. The minimum Gasteiger partial charge on any atom is -0.463 e. The number of carbonyl (C=O) groups is 2. The zero-order chi connectivity index (χ0) is 20.9. The van der Waals surface area contributed by atoms with Gasteiger partial charge in [0.25, 0.3) is 0 Å². The number of nitrogens with zero attached hydrogens (tertiary/aromatic N) is 2. The van der Waals surface area contributed by atoms with E-state index in [0.29, 0.717) is 13.1 Å². The van der Waals surface area contributed by atoms with Gasteiger partial charge in [0, 0.05) is 32.7 Å². The Morgan fingerprint density at radius 2 is 1.75 bits per heavy atom. The number of rotatable bonds is 6. The molecule has 1 saturated heterocycles. The van der Waals surface area contributed by atoms with Crippen LogP contribution in [0.1, 0.15) is 31.4 Å². The van der Waals surface area contributed by atoms with Crippen molar-refractivity contribution >= 4 is 22.0 Å². The number of urea groups is 1. The average molecular weight is 412 g/mol. The Balaban J connectivity index is 1.85. The molecule has 0 unspecified atom stereocenters. The molecule has 0 aliphatic carbocycles. The third kappa shape index (κ3) is 5.68. The smallest absolute Gasteiger partial charge is 0.317 e. The molecule has 2 amide bonds. The first-order valence-corrected chi connectivity index (χ1v) is 10.8. The first-order valence-electron chi connectivity index (χ1n) is 9.41. The van der Waals surface area contributed by atoms with Crippen molar-refractivity contribution in [2.75, 3.05) is 32.7 Å². The molecule has 8 nitrogen and oxygen atoms in total. The summed E-state index contributed by atoms with van der Waals surface area (Å²) in [6, 6.07) is 4.80. The van der Waals surface area contributed by atoms with Crippen LogP contribution < -0.4 is 5.32 Å². The molecule has 1 fully saturated rings. The first-order chi connectivity index (χ1) is 13.1. The van der Waals surface area contributed by atoms with Gasteiger partial charge < -0.3 is 15.0 Å². The maximum absolute atomic E-state index is 12.8. The summed E-state index contributed by atoms with van der Waals surface area (Å²) in [5.74, 6) is -0.361.